The maximum absolute atomic E-state index is 5.62. The maximum Gasteiger partial charge on any atom is 0.240 e. The highest BCUT2D eigenvalue weighted by Crippen LogP contribution is 2.16. The lowest BCUT2D eigenvalue weighted by molar-refractivity contribution is 0.580. The van der Waals surface area contributed by atoms with E-state index in [2.05, 4.69) is 20.3 Å². The van der Waals surface area contributed by atoms with Crippen LogP contribution in [0.5, 0.6) is 0 Å². The molecule has 3 heterocycles. The largest absolute Gasteiger partial charge is 0.366 e. The Balaban J connectivity index is 2.07. The van der Waals surface area contributed by atoms with Gasteiger partial charge in [0.1, 0.15) is 5.82 Å². The van der Waals surface area contributed by atoms with E-state index in [1.807, 2.05) is 18.2 Å². The Bertz CT molecular complexity index is 499. The van der Waals surface area contributed by atoms with Gasteiger partial charge in [0, 0.05) is 26.2 Å². The van der Waals surface area contributed by atoms with Crippen LogP contribution in [0.3, 0.4) is 0 Å². The van der Waals surface area contributed by atoms with Crippen LogP contribution in [-0.4, -0.2) is 40.8 Å². The van der Waals surface area contributed by atoms with Crippen molar-refractivity contribution in [2.75, 3.05) is 36.8 Å². The zero-order valence-electron chi connectivity index (χ0n) is 8.93. The maximum atomic E-state index is 5.62. The van der Waals surface area contributed by atoms with Crippen molar-refractivity contribution in [1.29, 1.82) is 0 Å². The molecule has 3 rings (SSSR count). The summed E-state index contributed by atoms with van der Waals surface area (Å²) in [5.74, 6) is 1.38. The quantitative estimate of drug-likeness (QED) is 0.689. The molecule has 0 aliphatic carbocycles. The van der Waals surface area contributed by atoms with Crippen molar-refractivity contribution in [1.82, 2.24) is 19.9 Å². The lowest BCUT2D eigenvalue weighted by Crippen LogP contribution is -2.44. The van der Waals surface area contributed by atoms with Crippen LogP contribution < -0.4 is 16.0 Å². The monoisotopic (exact) mass is 218 g/mol. The van der Waals surface area contributed by atoms with Gasteiger partial charge in [-0.15, -0.1) is 5.10 Å². The van der Waals surface area contributed by atoms with E-state index in [-0.39, 0.29) is 0 Å². The lowest BCUT2D eigenvalue weighted by atomic mass is 10.3. The normalized spacial score (nSPS) is 16.9. The van der Waals surface area contributed by atoms with Gasteiger partial charge < -0.3 is 16.0 Å². The molecule has 16 heavy (non-hydrogen) atoms. The van der Waals surface area contributed by atoms with Crippen molar-refractivity contribution in [3.05, 3.63) is 18.2 Å². The highest BCUT2D eigenvalue weighted by molar-refractivity contribution is 5.52. The molecule has 2 aromatic heterocycles. The molecule has 0 unspecified atom stereocenters. The summed E-state index contributed by atoms with van der Waals surface area (Å²) in [6.45, 7) is 3.97. The number of rotatable bonds is 1. The number of fused-ring (bicyclic) bond motifs is 1. The molecule has 0 amide bonds. The smallest absolute Gasteiger partial charge is 0.240 e. The first-order chi connectivity index (χ1) is 7.84. The van der Waals surface area contributed by atoms with Gasteiger partial charge >= 0.3 is 0 Å². The molecular weight excluding hydrogens is 204 g/mol. The zero-order chi connectivity index (χ0) is 11.0. The summed E-state index contributed by atoms with van der Waals surface area (Å²) in [7, 11) is 0. The van der Waals surface area contributed by atoms with E-state index in [0.29, 0.717) is 5.95 Å². The number of nitrogen functional groups attached to an aromatic ring is 1. The molecule has 3 N–H and O–H groups in total. The van der Waals surface area contributed by atoms with Gasteiger partial charge in [0.2, 0.25) is 5.95 Å². The molecule has 2 aromatic rings. The molecule has 0 bridgehead atoms. The lowest BCUT2D eigenvalue weighted by Gasteiger charge is -2.29. The average molecular weight is 218 g/mol. The van der Waals surface area contributed by atoms with E-state index in [1.165, 1.54) is 0 Å². The van der Waals surface area contributed by atoms with Gasteiger partial charge in [-0.1, -0.05) is 6.07 Å². The molecule has 1 aliphatic heterocycles. The molecular formula is C10H14N6. The van der Waals surface area contributed by atoms with Crippen molar-refractivity contribution in [2.24, 2.45) is 0 Å². The molecule has 1 aliphatic rings. The molecule has 1 fully saturated rings. The number of nitrogens with one attached hydrogen (secondary N) is 1. The Labute approximate surface area is 93.1 Å². The first-order valence-corrected chi connectivity index (χ1v) is 5.41. The Morgan fingerprint density at radius 2 is 2.06 bits per heavy atom. The summed E-state index contributed by atoms with van der Waals surface area (Å²) in [4.78, 5) is 6.45. The molecule has 6 nitrogen and oxygen atoms in total. The van der Waals surface area contributed by atoms with Crippen LogP contribution in [0.4, 0.5) is 11.8 Å². The van der Waals surface area contributed by atoms with Crippen LogP contribution >= 0.6 is 0 Å². The van der Waals surface area contributed by atoms with E-state index in [1.54, 1.807) is 4.52 Å². The van der Waals surface area contributed by atoms with Gasteiger partial charge in [0.25, 0.3) is 0 Å². The van der Waals surface area contributed by atoms with E-state index >= 15 is 0 Å². The van der Waals surface area contributed by atoms with E-state index in [4.69, 9.17) is 5.73 Å². The first-order valence-electron chi connectivity index (χ1n) is 5.41. The summed E-state index contributed by atoms with van der Waals surface area (Å²) in [5, 5.41) is 7.54. The fourth-order valence-corrected chi connectivity index (χ4v) is 2.04. The van der Waals surface area contributed by atoms with Crippen molar-refractivity contribution in [2.45, 2.75) is 0 Å². The van der Waals surface area contributed by atoms with Crippen molar-refractivity contribution in [3.8, 4) is 0 Å². The predicted octanol–water partition coefficient (Wildman–Crippen LogP) is -0.279. The number of aromatic nitrogens is 3. The molecule has 0 saturated carbocycles. The van der Waals surface area contributed by atoms with Gasteiger partial charge in [-0.2, -0.15) is 9.50 Å². The van der Waals surface area contributed by atoms with Gasteiger partial charge in [0.15, 0.2) is 5.65 Å². The van der Waals surface area contributed by atoms with Gasteiger partial charge in [-0.05, 0) is 12.1 Å². The second-order valence-corrected chi connectivity index (χ2v) is 3.86. The minimum atomic E-state index is 0.322. The minimum absolute atomic E-state index is 0.322. The van der Waals surface area contributed by atoms with E-state index in [0.717, 1.165) is 37.6 Å². The number of anilines is 2. The SMILES string of the molecule is Nc1nc2cccc(N3CCNCC3)n2n1. The number of hydrogen-bond acceptors (Lipinski definition) is 5. The van der Waals surface area contributed by atoms with Crippen LogP contribution in [0.2, 0.25) is 0 Å². The fraction of sp³-hybridized carbons (Fsp3) is 0.400. The van der Waals surface area contributed by atoms with Gasteiger partial charge in [-0.3, -0.25) is 0 Å². The third-order valence-corrected chi connectivity index (χ3v) is 2.80. The summed E-state index contributed by atoms with van der Waals surface area (Å²) >= 11 is 0. The molecule has 0 spiro atoms. The first kappa shape index (κ1) is 9.41. The summed E-state index contributed by atoms with van der Waals surface area (Å²) in [5.41, 5.74) is 6.41. The average Bonchev–Trinajstić information content (AvgIpc) is 2.70. The van der Waals surface area contributed by atoms with E-state index < -0.39 is 0 Å². The highest BCUT2D eigenvalue weighted by Gasteiger charge is 2.14. The van der Waals surface area contributed by atoms with Crippen LogP contribution in [-0.2, 0) is 0 Å². The number of nitrogens with zero attached hydrogens (tertiary/aromatic N) is 4. The van der Waals surface area contributed by atoms with Crippen LogP contribution in [0.15, 0.2) is 18.2 Å². The highest BCUT2D eigenvalue weighted by atomic mass is 15.4. The fourth-order valence-electron chi connectivity index (χ4n) is 2.04. The molecule has 1 saturated heterocycles. The summed E-state index contributed by atoms with van der Waals surface area (Å²) in [6, 6.07) is 5.95. The molecule has 0 radical (unpaired) electrons. The zero-order valence-corrected chi connectivity index (χ0v) is 8.93. The van der Waals surface area contributed by atoms with Gasteiger partial charge in [0.05, 0.1) is 0 Å². The molecule has 6 heteroatoms. The molecule has 0 aromatic carbocycles. The molecule has 84 valence electrons. The van der Waals surface area contributed by atoms with Crippen LogP contribution in [0.25, 0.3) is 5.65 Å². The molecule has 0 atom stereocenters. The third kappa shape index (κ3) is 1.47. The Hall–Kier alpha value is -1.82. The Morgan fingerprint density at radius 3 is 2.88 bits per heavy atom. The topological polar surface area (TPSA) is 71.5 Å². The summed E-state index contributed by atoms with van der Waals surface area (Å²) in [6.07, 6.45) is 0. The number of nitrogens with two attached hydrogens (primary N) is 1. The minimum Gasteiger partial charge on any atom is -0.366 e. The Morgan fingerprint density at radius 1 is 1.25 bits per heavy atom. The number of pyridine rings is 1. The second kappa shape index (κ2) is 3.64. The standard InChI is InChI=1S/C10H14N6/c11-10-13-8-2-1-3-9(16(8)14-10)15-6-4-12-5-7-15/h1-3,12H,4-7H2,(H2,11,14). The number of piperazine rings is 1. The van der Waals surface area contributed by atoms with E-state index in [9.17, 15) is 0 Å². The summed E-state index contributed by atoms with van der Waals surface area (Å²) < 4.78 is 1.81. The van der Waals surface area contributed by atoms with Crippen molar-refractivity contribution in [3.63, 3.8) is 0 Å². The van der Waals surface area contributed by atoms with Crippen LogP contribution in [0.1, 0.15) is 0 Å². The Kier molecular flexibility index (Phi) is 2.14. The van der Waals surface area contributed by atoms with Crippen molar-refractivity contribution < 1.29 is 0 Å². The van der Waals surface area contributed by atoms with Gasteiger partial charge in [-0.25, -0.2) is 0 Å². The van der Waals surface area contributed by atoms with Crippen LogP contribution in [0, 0.1) is 0 Å². The number of hydrogen-bond donors (Lipinski definition) is 2. The third-order valence-electron chi connectivity index (χ3n) is 2.80. The van der Waals surface area contributed by atoms with Crippen molar-refractivity contribution >= 4 is 17.4 Å². The second-order valence-electron chi connectivity index (χ2n) is 3.86. The predicted molar refractivity (Wildman–Crippen MR) is 62.5 cm³/mol.